The zero-order valence-corrected chi connectivity index (χ0v) is 9.49. The third-order valence-electron chi connectivity index (χ3n) is 2.07. The number of carboxylic acid groups (broad SMARTS) is 1. The van der Waals surface area contributed by atoms with Crippen LogP contribution >= 0.6 is 11.8 Å². The van der Waals surface area contributed by atoms with Crippen molar-refractivity contribution in [2.45, 2.75) is 31.3 Å². The van der Waals surface area contributed by atoms with E-state index in [-0.39, 0.29) is 11.7 Å². The van der Waals surface area contributed by atoms with Crippen molar-refractivity contribution in [3.8, 4) is 0 Å². The number of aromatic nitrogens is 3. The highest BCUT2D eigenvalue weighted by atomic mass is 32.2. The molecule has 1 aromatic heterocycles. The molecule has 0 aliphatic carbocycles. The summed E-state index contributed by atoms with van der Waals surface area (Å²) in [6.45, 7) is 4.03. The van der Waals surface area contributed by atoms with Crippen LogP contribution < -0.4 is 5.84 Å². The Hall–Kier alpha value is -1.24. The number of carboxylic acids is 1. The van der Waals surface area contributed by atoms with Crippen LogP contribution in [0, 0.1) is 0 Å². The second-order valence-electron chi connectivity index (χ2n) is 3.20. The Morgan fingerprint density at radius 2 is 2.33 bits per heavy atom. The normalized spacial score (nSPS) is 12.7. The van der Waals surface area contributed by atoms with Crippen molar-refractivity contribution in [3.05, 3.63) is 5.82 Å². The van der Waals surface area contributed by atoms with Crippen molar-refractivity contribution < 1.29 is 9.90 Å². The van der Waals surface area contributed by atoms with Crippen LogP contribution in [0.1, 0.15) is 32.0 Å². The predicted molar refractivity (Wildman–Crippen MR) is 57.2 cm³/mol. The maximum absolute atomic E-state index is 10.4. The summed E-state index contributed by atoms with van der Waals surface area (Å²) in [4.78, 5) is 10.4. The topological polar surface area (TPSA) is 94.0 Å². The largest absolute Gasteiger partial charge is 0.481 e. The number of hydrogen-bond acceptors (Lipinski definition) is 5. The van der Waals surface area contributed by atoms with Gasteiger partial charge >= 0.3 is 5.97 Å². The van der Waals surface area contributed by atoms with Gasteiger partial charge in [-0.3, -0.25) is 4.79 Å². The fourth-order valence-corrected chi connectivity index (χ4v) is 1.62. The summed E-state index contributed by atoms with van der Waals surface area (Å²) in [5.41, 5.74) is 0. The molecule has 0 saturated heterocycles. The summed E-state index contributed by atoms with van der Waals surface area (Å²) in [5.74, 6) is 5.70. The molecule has 0 aromatic carbocycles. The Balaban J connectivity index is 2.75. The molecule has 15 heavy (non-hydrogen) atoms. The van der Waals surface area contributed by atoms with Gasteiger partial charge in [0.25, 0.3) is 0 Å². The van der Waals surface area contributed by atoms with E-state index in [1.54, 1.807) is 0 Å². The van der Waals surface area contributed by atoms with Gasteiger partial charge < -0.3 is 10.9 Å². The SMILES string of the molecule is CCC(C)c1nnc(SCC(=O)O)n1N. The van der Waals surface area contributed by atoms with Crippen LogP contribution in [0.2, 0.25) is 0 Å². The van der Waals surface area contributed by atoms with E-state index in [0.29, 0.717) is 11.0 Å². The molecule has 0 fully saturated rings. The number of carbonyl (C=O) groups is 1. The molecule has 1 aromatic rings. The predicted octanol–water partition coefficient (Wildman–Crippen LogP) is 0.682. The van der Waals surface area contributed by atoms with E-state index in [1.807, 2.05) is 13.8 Å². The molecular formula is C8H14N4O2S. The molecule has 7 heteroatoms. The number of rotatable bonds is 5. The minimum atomic E-state index is -0.895. The lowest BCUT2D eigenvalue weighted by molar-refractivity contribution is -0.133. The van der Waals surface area contributed by atoms with Crippen molar-refractivity contribution in [3.63, 3.8) is 0 Å². The molecule has 1 heterocycles. The number of thioether (sulfide) groups is 1. The second kappa shape index (κ2) is 5.01. The Morgan fingerprint density at radius 3 is 2.87 bits per heavy atom. The van der Waals surface area contributed by atoms with E-state index in [0.717, 1.165) is 18.2 Å². The Morgan fingerprint density at radius 1 is 1.67 bits per heavy atom. The molecule has 0 bridgehead atoms. The Bertz CT molecular complexity index is 352. The van der Waals surface area contributed by atoms with Gasteiger partial charge in [-0.15, -0.1) is 10.2 Å². The summed E-state index contributed by atoms with van der Waals surface area (Å²) in [7, 11) is 0. The van der Waals surface area contributed by atoms with Crippen LogP contribution in [-0.4, -0.2) is 31.7 Å². The number of nitrogens with zero attached hydrogens (tertiary/aromatic N) is 3. The Kier molecular flexibility index (Phi) is 3.96. The van der Waals surface area contributed by atoms with E-state index in [2.05, 4.69) is 10.2 Å². The molecule has 3 N–H and O–H groups in total. The van der Waals surface area contributed by atoms with E-state index in [1.165, 1.54) is 4.68 Å². The van der Waals surface area contributed by atoms with Crippen LogP contribution in [0.3, 0.4) is 0 Å². The molecule has 0 saturated carbocycles. The molecule has 0 spiro atoms. The third-order valence-corrected chi connectivity index (χ3v) is 3.00. The first-order valence-electron chi connectivity index (χ1n) is 4.61. The van der Waals surface area contributed by atoms with Crippen LogP contribution in [0.4, 0.5) is 0 Å². The smallest absolute Gasteiger partial charge is 0.313 e. The van der Waals surface area contributed by atoms with Gasteiger partial charge in [-0.2, -0.15) is 0 Å². The van der Waals surface area contributed by atoms with E-state index in [4.69, 9.17) is 10.9 Å². The number of hydrogen-bond donors (Lipinski definition) is 2. The minimum Gasteiger partial charge on any atom is -0.481 e. The van der Waals surface area contributed by atoms with Crippen molar-refractivity contribution >= 4 is 17.7 Å². The highest BCUT2D eigenvalue weighted by Gasteiger charge is 2.15. The van der Waals surface area contributed by atoms with Gasteiger partial charge in [0, 0.05) is 5.92 Å². The van der Waals surface area contributed by atoms with Gasteiger partial charge in [-0.05, 0) is 6.42 Å². The molecule has 1 rings (SSSR count). The van der Waals surface area contributed by atoms with Gasteiger partial charge in [0.1, 0.15) is 0 Å². The quantitative estimate of drug-likeness (QED) is 0.570. The number of nitrogens with two attached hydrogens (primary N) is 1. The first-order chi connectivity index (χ1) is 7.06. The van der Waals surface area contributed by atoms with Gasteiger partial charge in [0.2, 0.25) is 5.16 Å². The standard InChI is InChI=1S/C8H14N4O2S/c1-3-5(2)7-10-11-8(12(7)9)15-4-6(13)14/h5H,3-4,9H2,1-2H3,(H,13,14). The Labute approximate surface area is 91.8 Å². The highest BCUT2D eigenvalue weighted by Crippen LogP contribution is 2.20. The zero-order chi connectivity index (χ0) is 11.4. The van der Waals surface area contributed by atoms with Crippen molar-refractivity contribution in [2.75, 3.05) is 11.6 Å². The molecule has 0 amide bonds. The number of nitrogen functional groups attached to an aromatic ring is 1. The lowest BCUT2D eigenvalue weighted by atomic mass is 10.1. The van der Waals surface area contributed by atoms with E-state index in [9.17, 15) is 4.79 Å². The minimum absolute atomic E-state index is 0.0597. The zero-order valence-electron chi connectivity index (χ0n) is 8.67. The maximum atomic E-state index is 10.4. The van der Waals surface area contributed by atoms with E-state index < -0.39 is 5.97 Å². The number of aliphatic carboxylic acids is 1. The van der Waals surface area contributed by atoms with Crippen LogP contribution in [0.15, 0.2) is 5.16 Å². The average molecular weight is 230 g/mol. The highest BCUT2D eigenvalue weighted by molar-refractivity contribution is 7.99. The molecule has 84 valence electrons. The molecule has 0 radical (unpaired) electrons. The van der Waals surface area contributed by atoms with Crippen LogP contribution in [0.5, 0.6) is 0 Å². The fourth-order valence-electron chi connectivity index (χ4n) is 1.03. The maximum Gasteiger partial charge on any atom is 0.313 e. The van der Waals surface area contributed by atoms with Gasteiger partial charge in [-0.25, -0.2) is 4.68 Å². The van der Waals surface area contributed by atoms with E-state index >= 15 is 0 Å². The van der Waals surface area contributed by atoms with Crippen LogP contribution in [0.25, 0.3) is 0 Å². The lowest BCUT2D eigenvalue weighted by Crippen LogP contribution is -2.16. The summed E-state index contributed by atoms with van der Waals surface area (Å²) in [5, 5.41) is 16.7. The monoisotopic (exact) mass is 230 g/mol. The summed E-state index contributed by atoms with van der Waals surface area (Å²) < 4.78 is 1.36. The second-order valence-corrected chi connectivity index (χ2v) is 4.14. The first kappa shape index (κ1) is 11.8. The third kappa shape index (κ3) is 2.85. The summed E-state index contributed by atoms with van der Waals surface area (Å²) in [6.07, 6.45) is 0.916. The molecular weight excluding hydrogens is 216 g/mol. The van der Waals surface area contributed by atoms with Crippen molar-refractivity contribution in [2.24, 2.45) is 0 Å². The van der Waals surface area contributed by atoms with Crippen molar-refractivity contribution in [1.29, 1.82) is 0 Å². The molecule has 0 aliphatic rings. The first-order valence-corrected chi connectivity index (χ1v) is 5.59. The molecule has 0 aliphatic heterocycles. The molecule has 1 atom stereocenters. The van der Waals surface area contributed by atoms with Crippen LogP contribution in [-0.2, 0) is 4.79 Å². The summed E-state index contributed by atoms with van der Waals surface area (Å²) >= 11 is 1.07. The van der Waals surface area contributed by atoms with Gasteiger partial charge in [0.05, 0.1) is 5.75 Å². The van der Waals surface area contributed by atoms with Gasteiger partial charge in [-0.1, -0.05) is 25.6 Å². The molecule has 6 nitrogen and oxygen atoms in total. The van der Waals surface area contributed by atoms with Gasteiger partial charge in [0.15, 0.2) is 5.82 Å². The fraction of sp³-hybridized carbons (Fsp3) is 0.625. The summed E-state index contributed by atoms with van der Waals surface area (Å²) in [6, 6.07) is 0. The molecule has 1 unspecified atom stereocenters. The average Bonchev–Trinajstić information content (AvgIpc) is 2.56. The lowest BCUT2D eigenvalue weighted by Gasteiger charge is -2.07. The van der Waals surface area contributed by atoms with Crippen molar-refractivity contribution in [1.82, 2.24) is 14.9 Å².